The number of ether oxygens (including phenoxy) is 1. The van der Waals surface area contributed by atoms with E-state index in [0.717, 1.165) is 42.6 Å². The van der Waals surface area contributed by atoms with Gasteiger partial charge in [-0.05, 0) is 49.8 Å². The molecule has 1 aromatic carbocycles. The van der Waals surface area contributed by atoms with Gasteiger partial charge in [0.25, 0.3) is 0 Å². The van der Waals surface area contributed by atoms with Crippen LogP contribution < -0.4 is 10.1 Å². The fourth-order valence-corrected chi connectivity index (χ4v) is 3.04. The van der Waals surface area contributed by atoms with Gasteiger partial charge in [0.1, 0.15) is 11.8 Å². The molecule has 132 valence electrons. The highest BCUT2D eigenvalue weighted by molar-refractivity contribution is 5.87. The van der Waals surface area contributed by atoms with Crippen molar-refractivity contribution in [2.45, 2.75) is 59.0 Å². The summed E-state index contributed by atoms with van der Waals surface area (Å²) in [4.78, 5) is 26.1. The first-order chi connectivity index (χ1) is 11.5. The maximum Gasteiger partial charge on any atom is 0.242 e. The average Bonchev–Trinajstić information content (AvgIpc) is 2.76. The van der Waals surface area contributed by atoms with E-state index in [1.807, 2.05) is 25.1 Å². The van der Waals surface area contributed by atoms with Gasteiger partial charge < -0.3 is 15.0 Å². The molecule has 0 spiro atoms. The van der Waals surface area contributed by atoms with Crippen LogP contribution in [-0.4, -0.2) is 35.9 Å². The van der Waals surface area contributed by atoms with Gasteiger partial charge in [-0.2, -0.15) is 0 Å². The van der Waals surface area contributed by atoms with Gasteiger partial charge in [0, 0.05) is 20.0 Å². The zero-order valence-electron chi connectivity index (χ0n) is 14.9. The lowest BCUT2D eigenvalue weighted by Gasteiger charge is -2.29. The van der Waals surface area contributed by atoms with E-state index in [1.54, 1.807) is 4.90 Å². The first kappa shape index (κ1) is 18.3. The molecule has 1 aliphatic rings. The molecule has 0 saturated carbocycles. The molecule has 1 N–H and O–H groups in total. The Labute approximate surface area is 144 Å². The van der Waals surface area contributed by atoms with Crippen LogP contribution in [0.15, 0.2) is 18.2 Å². The number of nitrogens with one attached hydrogen (secondary N) is 1. The van der Waals surface area contributed by atoms with Gasteiger partial charge in [0.05, 0.1) is 6.61 Å². The van der Waals surface area contributed by atoms with E-state index in [-0.39, 0.29) is 17.9 Å². The molecule has 1 aliphatic heterocycles. The Bertz CT molecular complexity index is 586. The van der Waals surface area contributed by atoms with Crippen LogP contribution in [0.3, 0.4) is 0 Å². The number of carbonyl (C=O) groups is 2. The maximum absolute atomic E-state index is 12.3. The van der Waals surface area contributed by atoms with Crippen LogP contribution in [0.4, 0.5) is 0 Å². The van der Waals surface area contributed by atoms with Crippen molar-refractivity contribution >= 4 is 11.8 Å². The normalized spacial score (nSPS) is 17.8. The zero-order valence-corrected chi connectivity index (χ0v) is 14.9. The Balaban J connectivity index is 2.14. The Hall–Kier alpha value is -2.04. The Kier molecular flexibility index (Phi) is 6.64. The molecular formula is C19H28N2O3. The van der Waals surface area contributed by atoms with Crippen molar-refractivity contribution in [2.24, 2.45) is 0 Å². The quantitative estimate of drug-likeness (QED) is 0.871. The number of rotatable bonds is 6. The van der Waals surface area contributed by atoms with Gasteiger partial charge in [-0.15, -0.1) is 0 Å². The SMILES string of the molecule is CCCOc1ccc(CN(C(C)=O)[C@H]2CCCCNC2=O)cc1C. The number of hydrogen-bond acceptors (Lipinski definition) is 3. The van der Waals surface area contributed by atoms with Crippen molar-refractivity contribution in [1.29, 1.82) is 0 Å². The third-order valence-electron chi connectivity index (χ3n) is 4.34. The number of hydrogen-bond donors (Lipinski definition) is 1. The highest BCUT2D eigenvalue weighted by Gasteiger charge is 2.29. The Morgan fingerprint density at radius 1 is 1.38 bits per heavy atom. The number of amides is 2. The predicted octanol–water partition coefficient (Wildman–Crippen LogP) is 2.80. The summed E-state index contributed by atoms with van der Waals surface area (Å²) in [6, 6.07) is 5.59. The van der Waals surface area contributed by atoms with Crippen molar-refractivity contribution in [2.75, 3.05) is 13.2 Å². The van der Waals surface area contributed by atoms with Crippen LogP contribution >= 0.6 is 0 Å². The molecule has 0 radical (unpaired) electrons. The lowest BCUT2D eigenvalue weighted by atomic mass is 10.1. The van der Waals surface area contributed by atoms with E-state index in [1.165, 1.54) is 6.92 Å². The summed E-state index contributed by atoms with van der Waals surface area (Å²) in [7, 11) is 0. The second-order valence-corrected chi connectivity index (χ2v) is 6.40. The molecule has 0 bridgehead atoms. The summed E-state index contributed by atoms with van der Waals surface area (Å²) in [6.45, 7) is 7.45. The van der Waals surface area contributed by atoms with E-state index in [4.69, 9.17) is 4.74 Å². The molecular weight excluding hydrogens is 304 g/mol. The minimum absolute atomic E-state index is 0.0395. The minimum Gasteiger partial charge on any atom is -0.493 e. The molecule has 1 saturated heterocycles. The van der Waals surface area contributed by atoms with Crippen molar-refractivity contribution in [3.63, 3.8) is 0 Å². The van der Waals surface area contributed by atoms with Gasteiger partial charge in [0.15, 0.2) is 0 Å². The maximum atomic E-state index is 12.3. The van der Waals surface area contributed by atoms with Gasteiger partial charge in [-0.25, -0.2) is 0 Å². The minimum atomic E-state index is -0.374. The Morgan fingerprint density at radius 3 is 2.83 bits per heavy atom. The number of benzene rings is 1. The third kappa shape index (κ3) is 4.73. The lowest BCUT2D eigenvalue weighted by Crippen LogP contribution is -2.47. The van der Waals surface area contributed by atoms with Crippen molar-refractivity contribution in [3.8, 4) is 5.75 Å². The molecule has 0 unspecified atom stereocenters. The molecule has 1 heterocycles. The summed E-state index contributed by atoms with van der Waals surface area (Å²) < 4.78 is 5.70. The third-order valence-corrected chi connectivity index (χ3v) is 4.34. The highest BCUT2D eigenvalue weighted by Crippen LogP contribution is 2.22. The number of carbonyl (C=O) groups excluding carboxylic acids is 2. The fraction of sp³-hybridized carbons (Fsp3) is 0.579. The average molecular weight is 332 g/mol. The van der Waals surface area contributed by atoms with Crippen molar-refractivity contribution in [3.05, 3.63) is 29.3 Å². The van der Waals surface area contributed by atoms with E-state index in [0.29, 0.717) is 19.7 Å². The van der Waals surface area contributed by atoms with Crippen LogP contribution in [-0.2, 0) is 16.1 Å². The van der Waals surface area contributed by atoms with E-state index in [9.17, 15) is 9.59 Å². The molecule has 5 nitrogen and oxygen atoms in total. The lowest BCUT2D eigenvalue weighted by molar-refractivity contribution is -0.139. The molecule has 1 fully saturated rings. The van der Waals surface area contributed by atoms with E-state index >= 15 is 0 Å². The first-order valence-electron chi connectivity index (χ1n) is 8.80. The van der Waals surface area contributed by atoms with Crippen LogP contribution in [0.1, 0.15) is 50.7 Å². The summed E-state index contributed by atoms with van der Waals surface area (Å²) in [5.74, 6) is 0.769. The van der Waals surface area contributed by atoms with E-state index < -0.39 is 0 Å². The smallest absolute Gasteiger partial charge is 0.242 e. The molecule has 2 rings (SSSR count). The topological polar surface area (TPSA) is 58.6 Å². The second kappa shape index (κ2) is 8.71. The highest BCUT2D eigenvalue weighted by atomic mass is 16.5. The summed E-state index contributed by atoms with van der Waals surface area (Å²) in [5, 5.41) is 2.91. The number of aryl methyl sites for hydroxylation is 1. The first-order valence-corrected chi connectivity index (χ1v) is 8.80. The summed E-state index contributed by atoms with van der Waals surface area (Å²) in [5.41, 5.74) is 2.07. The van der Waals surface area contributed by atoms with Gasteiger partial charge in [0.2, 0.25) is 11.8 Å². The monoisotopic (exact) mass is 332 g/mol. The molecule has 0 aromatic heterocycles. The van der Waals surface area contributed by atoms with Gasteiger partial charge >= 0.3 is 0 Å². The predicted molar refractivity (Wildman–Crippen MR) is 93.8 cm³/mol. The molecule has 24 heavy (non-hydrogen) atoms. The number of nitrogens with zero attached hydrogens (tertiary/aromatic N) is 1. The van der Waals surface area contributed by atoms with Gasteiger partial charge in [-0.3, -0.25) is 9.59 Å². The van der Waals surface area contributed by atoms with E-state index in [2.05, 4.69) is 12.2 Å². The standard InChI is InChI=1S/C19H28N2O3/c1-4-11-24-18-9-8-16(12-14(18)2)13-21(15(3)22)17-7-5-6-10-20-19(17)23/h8-9,12,17H,4-7,10-11,13H2,1-3H3,(H,20,23)/t17-/m0/s1. The molecule has 1 aromatic rings. The summed E-state index contributed by atoms with van der Waals surface area (Å²) in [6.07, 6.45) is 3.62. The zero-order chi connectivity index (χ0) is 17.5. The molecule has 0 aliphatic carbocycles. The largest absolute Gasteiger partial charge is 0.493 e. The van der Waals surface area contributed by atoms with Crippen molar-refractivity contribution in [1.82, 2.24) is 10.2 Å². The Morgan fingerprint density at radius 2 is 2.17 bits per heavy atom. The van der Waals surface area contributed by atoms with Crippen molar-refractivity contribution < 1.29 is 14.3 Å². The fourth-order valence-electron chi connectivity index (χ4n) is 3.04. The van der Waals surface area contributed by atoms with Gasteiger partial charge in [-0.1, -0.05) is 19.1 Å². The van der Waals surface area contributed by atoms with Crippen LogP contribution in [0.25, 0.3) is 0 Å². The molecule has 1 atom stereocenters. The van der Waals surface area contributed by atoms with Crippen LogP contribution in [0, 0.1) is 6.92 Å². The van der Waals surface area contributed by atoms with Crippen LogP contribution in [0.5, 0.6) is 5.75 Å². The second-order valence-electron chi connectivity index (χ2n) is 6.40. The van der Waals surface area contributed by atoms with Crippen LogP contribution in [0.2, 0.25) is 0 Å². The summed E-state index contributed by atoms with van der Waals surface area (Å²) >= 11 is 0. The molecule has 2 amide bonds. The molecule has 5 heteroatoms.